The molecule has 3 heterocycles. The number of hydrogen-bond acceptors (Lipinski definition) is 4. The molecule has 3 aliphatic heterocycles. The predicted molar refractivity (Wildman–Crippen MR) is 60.8 cm³/mol. The first-order valence-electron chi connectivity index (χ1n) is 6.31. The van der Waals surface area contributed by atoms with Crippen LogP contribution in [0.25, 0.3) is 0 Å². The van der Waals surface area contributed by atoms with E-state index in [4.69, 9.17) is 14.2 Å². The fraction of sp³-hybridized carbons (Fsp3) is 0.917. The van der Waals surface area contributed by atoms with Crippen LogP contribution in [0.2, 0.25) is 6.04 Å². The molecule has 3 fully saturated rings. The second-order valence-electron chi connectivity index (χ2n) is 5.33. The first-order valence-corrected chi connectivity index (χ1v) is 7.01. The van der Waals surface area contributed by atoms with Gasteiger partial charge < -0.3 is 14.2 Å². The summed E-state index contributed by atoms with van der Waals surface area (Å²) in [5.41, 5.74) is -0.0847. The molecular formula is C12H17O4Si. The second-order valence-corrected chi connectivity index (χ2v) is 5.83. The smallest absolute Gasteiger partial charge is 0.306 e. The minimum Gasteiger partial charge on any atom is -0.465 e. The molecule has 3 saturated heterocycles. The molecule has 0 aromatic heterocycles. The summed E-state index contributed by atoms with van der Waals surface area (Å²) in [7, 11) is 3.44. The summed E-state index contributed by atoms with van der Waals surface area (Å²) in [5, 5.41) is 0. The van der Waals surface area contributed by atoms with Crippen molar-refractivity contribution in [2.75, 3.05) is 13.2 Å². The Balaban J connectivity index is 1.64. The van der Waals surface area contributed by atoms with Crippen molar-refractivity contribution >= 4 is 16.2 Å². The van der Waals surface area contributed by atoms with E-state index in [0.29, 0.717) is 13.0 Å². The lowest BCUT2D eigenvalue weighted by Crippen LogP contribution is -2.43. The summed E-state index contributed by atoms with van der Waals surface area (Å²) in [6, 6.07) is 0.953. The maximum absolute atomic E-state index is 11.3. The number of carbonyl (C=O) groups excluding carboxylic acids is 1. The number of fused-ring (bicyclic) bond motifs is 3. The second kappa shape index (κ2) is 4.37. The average Bonchev–Trinajstić information content (AvgIpc) is 2.94. The molecule has 5 heteroatoms. The van der Waals surface area contributed by atoms with Crippen molar-refractivity contribution in [1.82, 2.24) is 0 Å². The van der Waals surface area contributed by atoms with Gasteiger partial charge in [-0.05, 0) is 12.8 Å². The highest BCUT2D eigenvalue weighted by Crippen LogP contribution is 2.53. The summed E-state index contributed by atoms with van der Waals surface area (Å²) in [6.45, 7) is 1.27. The number of carbonyl (C=O) groups is 1. The summed E-state index contributed by atoms with van der Waals surface area (Å²) in [6.07, 6.45) is 3.93. The van der Waals surface area contributed by atoms with E-state index in [9.17, 15) is 4.79 Å². The number of rotatable bonds is 4. The highest BCUT2D eigenvalue weighted by molar-refractivity contribution is 6.08. The van der Waals surface area contributed by atoms with Gasteiger partial charge in [-0.3, -0.25) is 4.79 Å². The molecular weight excluding hydrogens is 236 g/mol. The topological polar surface area (TPSA) is 44.8 Å². The van der Waals surface area contributed by atoms with Gasteiger partial charge in [-0.25, -0.2) is 0 Å². The van der Waals surface area contributed by atoms with Crippen LogP contribution in [0.1, 0.15) is 25.7 Å². The first kappa shape index (κ1) is 11.7. The zero-order chi connectivity index (χ0) is 11.9. The lowest BCUT2D eigenvalue weighted by atomic mass is 9.72. The van der Waals surface area contributed by atoms with Crippen LogP contribution in [-0.2, 0) is 19.0 Å². The lowest BCUT2D eigenvalue weighted by Gasteiger charge is -2.33. The molecule has 0 aromatic rings. The standard InChI is InChI=1S/C12H17O4Si/c13-10-6-12(7-15-10)5-8-4-9(11(12)16-8)14-2-1-3-17/h8-9,11H,1-7H2. The number of hydrogen-bond donors (Lipinski definition) is 0. The molecule has 93 valence electrons. The maximum atomic E-state index is 11.3. The Bertz CT molecular complexity index is 322. The van der Waals surface area contributed by atoms with Crippen LogP contribution in [0.4, 0.5) is 0 Å². The molecule has 4 nitrogen and oxygen atoms in total. The van der Waals surface area contributed by atoms with Gasteiger partial charge in [0.05, 0.1) is 24.7 Å². The lowest BCUT2D eigenvalue weighted by molar-refractivity contribution is -0.137. The zero-order valence-electron chi connectivity index (χ0n) is 9.81. The fourth-order valence-electron chi connectivity index (χ4n) is 3.36. The summed E-state index contributed by atoms with van der Waals surface area (Å²) in [4.78, 5) is 11.3. The number of ether oxygens (including phenoxy) is 3. The van der Waals surface area contributed by atoms with Crippen LogP contribution in [0.3, 0.4) is 0 Å². The molecule has 4 unspecified atom stereocenters. The van der Waals surface area contributed by atoms with Gasteiger partial charge in [-0.15, -0.1) is 0 Å². The molecule has 3 rings (SSSR count). The van der Waals surface area contributed by atoms with E-state index in [1.165, 1.54) is 0 Å². The molecule has 0 aliphatic carbocycles. The van der Waals surface area contributed by atoms with Crippen LogP contribution >= 0.6 is 0 Å². The number of cyclic esters (lactones) is 1. The fourth-order valence-corrected chi connectivity index (χ4v) is 3.51. The van der Waals surface area contributed by atoms with Crippen LogP contribution < -0.4 is 0 Å². The highest BCUT2D eigenvalue weighted by atomic mass is 28.1. The molecule has 1 spiro atoms. The highest BCUT2D eigenvalue weighted by Gasteiger charge is 2.61. The molecule has 3 aliphatic rings. The monoisotopic (exact) mass is 253 g/mol. The Morgan fingerprint density at radius 3 is 3.06 bits per heavy atom. The minimum atomic E-state index is -0.0847. The van der Waals surface area contributed by atoms with E-state index >= 15 is 0 Å². The van der Waals surface area contributed by atoms with Gasteiger partial charge in [0.1, 0.15) is 6.61 Å². The Morgan fingerprint density at radius 2 is 2.41 bits per heavy atom. The van der Waals surface area contributed by atoms with Crippen molar-refractivity contribution in [2.24, 2.45) is 5.41 Å². The average molecular weight is 253 g/mol. The third-order valence-electron chi connectivity index (χ3n) is 4.08. The number of esters is 1. The summed E-state index contributed by atoms with van der Waals surface area (Å²) < 4.78 is 16.9. The zero-order valence-corrected chi connectivity index (χ0v) is 10.8. The van der Waals surface area contributed by atoms with Crippen LogP contribution in [0.15, 0.2) is 0 Å². The van der Waals surface area contributed by atoms with Gasteiger partial charge in [0.15, 0.2) is 0 Å². The molecule has 17 heavy (non-hydrogen) atoms. The van der Waals surface area contributed by atoms with Gasteiger partial charge in [0, 0.05) is 28.7 Å². The van der Waals surface area contributed by atoms with Gasteiger partial charge in [-0.1, -0.05) is 6.04 Å². The Labute approximate surface area is 104 Å². The van der Waals surface area contributed by atoms with Crippen molar-refractivity contribution in [2.45, 2.75) is 50.0 Å². The van der Waals surface area contributed by atoms with Crippen molar-refractivity contribution in [3.8, 4) is 0 Å². The Kier molecular flexibility index (Phi) is 3.00. The van der Waals surface area contributed by atoms with Gasteiger partial charge >= 0.3 is 5.97 Å². The maximum Gasteiger partial charge on any atom is 0.306 e. The van der Waals surface area contributed by atoms with Crippen LogP contribution in [0.5, 0.6) is 0 Å². The normalized spacial score (nSPS) is 43.6. The molecule has 0 aromatic carbocycles. The van der Waals surface area contributed by atoms with E-state index in [2.05, 4.69) is 10.2 Å². The minimum absolute atomic E-state index is 0.0636. The van der Waals surface area contributed by atoms with Crippen molar-refractivity contribution in [1.29, 1.82) is 0 Å². The van der Waals surface area contributed by atoms with Crippen LogP contribution in [-0.4, -0.2) is 47.7 Å². The molecule has 0 amide bonds. The largest absolute Gasteiger partial charge is 0.465 e. The van der Waals surface area contributed by atoms with E-state index in [-0.39, 0.29) is 29.7 Å². The molecule has 4 atom stereocenters. The molecule has 0 saturated carbocycles. The Hall–Kier alpha value is -0.393. The SMILES string of the molecule is O=C1CC2(CO1)CC1CC(OCCC[Si])C2O1. The van der Waals surface area contributed by atoms with E-state index in [1.807, 2.05) is 0 Å². The van der Waals surface area contributed by atoms with E-state index < -0.39 is 0 Å². The third kappa shape index (κ3) is 1.94. The van der Waals surface area contributed by atoms with Crippen molar-refractivity contribution < 1.29 is 19.0 Å². The Morgan fingerprint density at radius 1 is 1.53 bits per heavy atom. The molecule has 3 radical (unpaired) electrons. The summed E-state index contributed by atoms with van der Waals surface area (Å²) in [5.74, 6) is -0.0833. The quantitative estimate of drug-likeness (QED) is 0.423. The van der Waals surface area contributed by atoms with E-state index in [0.717, 1.165) is 31.9 Å². The van der Waals surface area contributed by atoms with E-state index in [1.54, 1.807) is 0 Å². The predicted octanol–water partition coefficient (Wildman–Crippen LogP) is 0.843. The summed E-state index contributed by atoms with van der Waals surface area (Å²) >= 11 is 0. The first-order chi connectivity index (χ1) is 8.23. The van der Waals surface area contributed by atoms with Crippen molar-refractivity contribution in [3.05, 3.63) is 0 Å². The van der Waals surface area contributed by atoms with Gasteiger partial charge in [-0.2, -0.15) is 0 Å². The van der Waals surface area contributed by atoms with Gasteiger partial charge in [0.25, 0.3) is 0 Å². The molecule has 0 N–H and O–H groups in total. The third-order valence-corrected chi connectivity index (χ3v) is 4.43. The van der Waals surface area contributed by atoms with Crippen molar-refractivity contribution in [3.63, 3.8) is 0 Å². The molecule has 2 bridgehead atoms. The van der Waals surface area contributed by atoms with Crippen LogP contribution in [0, 0.1) is 5.41 Å². The van der Waals surface area contributed by atoms with Gasteiger partial charge in [0.2, 0.25) is 0 Å².